The molecule has 3 nitrogen and oxygen atoms in total. The van der Waals surface area contributed by atoms with E-state index in [-0.39, 0.29) is 6.10 Å². The number of rotatable bonds is 2. The third kappa shape index (κ3) is 2.96. The molecule has 4 atom stereocenters. The van der Waals surface area contributed by atoms with Gasteiger partial charge in [0.1, 0.15) is 0 Å². The van der Waals surface area contributed by atoms with Gasteiger partial charge in [0.25, 0.3) is 0 Å². The van der Waals surface area contributed by atoms with Crippen LogP contribution in [-0.2, 0) is 0 Å². The van der Waals surface area contributed by atoms with Gasteiger partial charge in [0.15, 0.2) is 0 Å². The molecule has 1 saturated carbocycles. The molecule has 0 aromatic heterocycles. The van der Waals surface area contributed by atoms with Crippen LogP contribution in [0.3, 0.4) is 0 Å². The van der Waals surface area contributed by atoms with Gasteiger partial charge < -0.3 is 15.3 Å². The van der Waals surface area contributed by atoms with Crippen LogP contribution in [-0.4, -0.2) is 47.8 Å². The SMILES string of the molecule is CC1CC(N[C@@H]2CCCC[C@H]2O)CCN1C. The van der Waals surface area contributed by atoms with Crippen LogP contribution < -0.4 is 5.32 Å². The first kappa shape index (κ1) is 12.3. The fourth-order valence-electron chi connectivity index (χ4n) is 3.05. The molecule has 0 amide bonds. The van der Waals surface area contributed by atoms with Crippen LogP contribution in [0.15, 0.2) is 0 Å². The summed E-state index contributed by atoms with van der Waals surface area (Å²) in [6.07, 6.45) is 6.95. The maximum Gasteiger partial charge on any atom is 0.0693 e. The van der Waals surface area contributed by atoms with Gasteiger partial charge in [0.2, 0.25) is 0 Å². The van der Waals surface area contributed by atoms with Crippen molar-refractivity contribution in [1.82, 2.24) is 10.2 Å². The second kappa shape index (κ2) is 5.48. The number of piperidine rings is 1. The molecule has 0 radical (unpaired) electrons. The van der Waals surface area contributed by atoms with Gasteiger partial charge in [0, 0.05) is 18.1 Å². The number of aliphatic hydroxyl groups excluding tert-OH is 1. The van der Waals surface area contributed by atoms with Crippen LogP contribution in [0, 0.1) is 0 Å². The van der Waals surface area contributed by atoms with E-state index in [2.05, 4.69) is 24.2 Å². The molecule has 2 aliphatic rings. The maximum absolute atomic E-state index is 9.94. The van der Waals surface area contributed by atoms with Crippen LogP contribution in [0.5, 0.6) is 0 Å². The normalized spacial score (nSPS) is 42.2. The molecule has 3 heteroatoms. The van der Waals surface area contributed by atoms with Gasteiger partial charge in [-0.25, -0.2) is 0 Å². The number of aliphatic hydroxyl groups is 1. The highest BCUT2D eigenvalue weighted by atomic mass is 16.3. The Morgan fingerprint density at radius 2 is 1.94 bits per heavy atom. The maximum atomic E-state index is 9.94. The second-order valence-electron chi connectivity index (χ2n) is 5.68. The lowest BCUT2D eigenvalue weighted by Gasteiger charge is -2.39. The van der Waals surface area contributed by atoms with Gasteiger partial charge in [-0.15, -0.1) is 0 Å². The van der Waals surface area contributed by atoms with Crippen molar-refractivity contribution in [3.63, 3.8) is 0 Å². The van der Waals surface area contributed by atoms with E-state index in [9.17, 15) is 5.11 Å². The first-order valence-corrected chi connectivity index (χ1v) is 6.81. The van der Waals surface area contributed by atoms with E-state index < -0.39 is 0 Å². The molecule has 1 heterocycles. The summed E-state index contributed by atoms with van der Waals surface area (Å²) >= 11 is 0. The highest BCUT2D eigenvalue weighted by Crippen LogP contribution is 2.22. The van der Waals surface area contributed by atoms with Crippen molar-refractivity contribution in [2.24, 2.45) is 0 Å². The number of hydrogen-bond acceptors (Lipinski definition) is 3. The zero-order chi connectivity index (χ0) is 11.5. The average molecular weight is 226 g/mol. The molecule has 0 aromatic rings. The quantitative estimate of drug-likeness (QED) is 0.746. The Morgan fingerprint density at radius 1 is 1.19 bits per heavy atom. The molecule has 2 N–H and O–H groups in total. The van der Waals surface area contributed by atoms with Crippen molar-refractivity contribution < 1.29 is 5.11 Å². The van der Waals surface area contributed by atoms with E-state index in [1.165, 1.54) is 32.2 Å². The van der Waals surface area contributed by atoms with Crippen LogP contribution in [0.4, 0.5) is 0 Å². The predicted octanol–water partition coefficient (Wildman–Crippen LogP) is 1.36. The van der Waals surface area contributed by atoms with E-state index in [0.717, 1.165) is 12.8 Å². The van der Waals surface area contributed by atoms with Gasteiger partial charge >= 0.3 is 0 Å². The molecular weight excluding hydrogens is 200 g/mol. The van der Waals surface area contributed by atoms with E-state index in [1.54, 1.807) is 0 Å². The summed E-state index contributed by atoms with van der Waals surface area (Å²) in [5, 5.41) is 13.6. The van der Waals surface area contributed by atoms with Gasteiger partial charge in [-0.05, 0) is 46.2 Å². The summed E-state index contributed by atoms with van der Waals surface area (Å²) < 4.78 is 0. The van der Waals surface area contributed by atoms with Crippen LogP contribution >= 0.6 is 0 Å². The minimum atomic E-state index is -0.108. The Labute approximate surface area is 99.2 Å². The molecule has 0 spiro atoms. The number of nitrogens with one attached hydrogen (secondary N) is 1. The molecule has 94 valence electrons. The second-order valence-corrected chi connectivity index (χ2v) is 5.68. The summed E-state index contributed by atoms with van der Waals surface area (Å²) in [6, 6.07) is 1.64. The smallest absolute Gasteiger partial charge is 0.0693 e. The van der Waals surface area contributed by atoms with Gasteiger partial charge in [-0.1, -0.05) is 12.8 Å². The van der Waals surface area contributed by atoms with E-state index in [1.807, 2.05) is 0 Å². The highest BCUT2D eigenvalue weighted by Gasteiger charge is 2.28. The van der Waals surface area contributed by atoms with Crippen LogP contribution in [0.2, 0.25) is 0 Å². The van der Waals surface area contributed by atoms with Gasteiger partial charge in [-0.3, -0.25) is 0 Å². The summed E-state index contributed by atoms with van der Waals surface area (Å²) in [5.74, 6) is 0. The van der Waals surface area contributed by atoms with Crippen molar-refractivity contribution in [3.8, 4) is 0 Å². The van der Waals surface area contributed by atoms with E-state index in [0.29, 0.717) is 18.1 Å². The minimum Gasteiger partial charge on any atom is -0.392 e. The number of nitrogens with zero attached hydrogens (tertiary/aromatic N) is 1. The largest absolute Gasteiger partial charge is 0.392 e. The summed E-state index contributed by atoms with van der Waals surface area (Å²) in [7, 11) is 2.20. The Kier molecular flexibility index (Phi) is 4.22. The van der Waals surface area contributed by atoms with Crippen LogP contribution in [0.25, 0.3) is 0 Å². The highest BCUT2D eigenvalue weighted by molar-refractivity contribution is 4.87. The van der Waals surface area contributed by atoms with Gasteiger partial charge in [0.05, 0.1) is 6.10 Å². The summed E-state index contributed by atoms with van der Waals surface area (Å²) in [4.78, 5) is 2.43. The molecule has 1 aliphatic carbocycles. The van der Waals surface area contributed by atoms with Gasteiger partial charge in [-0.2, -0.15) is 0 Å². The van der Waals surface area contributed by atoms with E-state index in [4.69, 9.17) is 0 Å². The first-order chi connectivity index (χ1) is 7.66. The Bertz CT molecular complexity index is 222. The zero-order valence-electron chi connectivity index (χ0n) is 10.7. The van der Waals surface area contributed by atoms with Crippen molar-refractivity contribution in [1.29, 1.82) is 0 Å². The summed E-state index contributed by atoms with van der Waals surface area (Å²) in [5.41, 5.74) is 0. The molecule has 1 aliphatic heterocycles. The molecule has 0 bridgehead atoms. The Balaban J connectivity index is 1.80. The fraction of sp³-hybridized carbons (Fsp3) is 1.00. The number of likely N-dealkylation sites (tertiary alicyclic amines) is 1. The molecule has 16 heavy (non-hydrogen) atoms. The van der Waals surface area contributed by atoms with Crippen molar-refractivity contribution in [2.45, 2.75) is 69.7 Å². The predicted molar refractivity (Wildman–Crippen MR) is 66.5 cm³/mol. The monoisotopic (exact) mass is 226 g/mol. The molecule has 0 aromatic carbocycles. The van der Waals surface area contributed by atoms with Crippen molar-refractivity contribution >= 4 is 0 Å². The van der Waals surface area contributed by atoms with Crippen molar-refractivity contribution in [2.75, 3.05) is 13.6 Å². The topological polar surface area (TPSA) is 35.5 Å². The van der Waals surface area contributed by atoms with Crippen LogP contribution in [0.1, 0.15) is 45.4 Å². The Hall–Kier alpha value is -0.120. The fourth-order valence-corrected chi connectivity index (χ4v) is 3.05. The third-order valence-corrected chi connectivity index (χ3v) is 4.39. The average Bonchev–Trinajstić information content (AvgIpc) is 2.27. The molecule has 2 unspecified atom stereocenters. The lowest BCUT2D eigenvalue weighted by Crippen LogP contribution is -2.52. The molecule has 2 rings (SSSR count). The third-order valence-electron chi connectivity index (χ3n) is 4.39. The minimum absolute atomic E-state index is 0.108. The molecule has 1 saturated heterocycles. The lowest BCUT2D eigenvalue weighted by atomic mass is 9.90. The molecule has 2 fully saturated rings. The summed E-state index contributed by atoms with van der Waals surface area (Å²) in [6.45, 7) is 3.48. The Morgan fingerprint density at radius 3 is 2.62 bits per heavy atom. The first-order valence-electron chi connectivity index (χ1n) is 6.81. The van der Waals surface area contributed by atoms with Crippen molar-refractivity contribution in [3.05, 3.63) is 0 Å². The standard InChI is InChI=1S/C13H26N2O/c1-10-9-11(7-8-15(10)2)14-12-5-3-4-6-13(12)16/h10-14,16H,3-9H2,1-2H3/t10?,11?,12-,13-/m1/s1. The zero-order valence-corrected chi connectivity index (χ0v) is 10.7. The molecular formula is C13H26N2O. The number of hydrogen-bond donors (Lipinski definition) is 2. The van der Waals surface area contributed by atoms with E-state index >= 15 is 0 Å². The lowest BCUT2D eigenvalue weighted by molar-refractivity contribution is 0.0724.